The zero-order valence-corrected chi connectivity index (χ0v) is 15.3. The van der Waals surface area contributed by atoms with Crippen molar-refractivity contribution in [2.45, 2.75) is 25.9 Å². The van der Waals surface area contributed by atoms with Gasteiger partial charge in [-0.2, -0.15) is 0 Å². The molecule has 1 unspecified atom stereocenters. The molecule has 2 aromatic carbocycles. The van der Waals surface area contributed by atoms with Gasteiger partial charge in [0.1, 0.15) is 5.54 Å². The standard InChI is InChI=1S/C20H22N2O4/c1-13-6-5-7-14(10-13)12-22-18(23)20(2,21-19(22)24)15-8-9-16(25-3)17(11-15)26-4/h5-11H,12H2,1-4H3,(H,21,24). The highest BCUT2D eigenvalue weighted by atomic mass is 16.5. The van der Waals surface area contributed by atoms with Crippen LogP contribution < -0.4 is 14.8 Å². The first-order valence-corrected chi connectivity index (χ1v) is 8.31. The maximum Gasteiger partial charge on any atom is 0.325 e. The van der Waals surface area contributed by atoms with E-state index in [-0.39, 0.29) is 12.5 Å². The van der Waals surface area contributed by atoms with Crippen LogP contribution in [0.15, 0.2) is 42.5 Å². The summed E-state index contributed by atoms with van der Waals surface area (Å²) < 4.78 is 10.6. The van der Waals surface area contributed by atoms with Gasteiger partial charge in [-0.25, -0.2) is 4.79 Å². The van der Waals surface area contributed by atoms with Gasteiger partial charge in [0.15, 0.2) is 11.5 Å². The zero-order valence-electron chi connectivity index (χ0n) is 15.3. The Balaban J connectivity index is 1.92. The number of methoxy groups -OCH3 is 2. The molecular formula is C20H22N2O4. The molecule has 1 saturated heterocycles. The van der Waals surface area contributed by atoms with Crippen LogP contribution in [0.3, 0.4) is 0 Å². The molecule has 6 nitrogen and oxygen atoms in total. The first kappa shape index (κ1) is 17.8. The molecule has 2 aromatic rings. The SMILES string of the molecule is COc1ccc(C2(C)NC(=O)N(Cc3cccc(C)c3)C2=O)cc1OC. The molecule has 0 spiro atoms. The van der Waals surface area contributed by atoms with Crippen LogP contribution >= 0.6 is 0 Å². The molecule has 1 atom stereocenters. The zero-order chi connectivity index (χ0) is 18.9. The summed E-state index contributed by atoms with van der Waals surface area (Å²) in [6.45, 7) is 3.91. The number of urea groups is 1. The third-order valence-electron chi connectivity index (χ3n) is 4.66. The van der Waals surface area contributed by atoms with Crippen molar-refractivity contribution in [1.82, 2.24) is 10.2 Å². The first-order chi connectivity index (χ1) is 12.4. The van der Waals surface area contributed by atoms with Crippen molar-refractivity contribution >= 4 is 11.9 Å². The molecule has 0 radical (unpaired) electrons. The summed E-state index contributed by atoms with van der Waals surface area (Å²) in [7, 11) is 3.08. The van der Waals surface area contributed by atoms with Crippen molar-refractivity contribution in [3.8, 4) is 11.5 Å². The van der Waals surface area contributed by atoms with Crippen LogP contribution in [0.1, 0.15) is 23.6 Å². The van der Waals surface area contributed by atoms with Crippen LogP contribution in [-0.2, 0) is 16.9 Å². The second kappa shape index (κ2) is 6.71. The minimum Gasteiger partial charge on any atom is -0.493 e. The highest BCUT2D eigenvalue weighted by Gasteiger charge is 2.49. The van der Waals surface area contributed by atoms with Gasteiger partial charge in [-0.1, -0.05) is 35.9 Å². The van der Waals surface area contributed by atoms with E-state index in [2.05, 4.69) is 5.32 Å². The number of amides is 3. The third-order valence-corrected chi connectivity index (χ3v) is 4.66. The molecule has 3 amide bonds. The number of benzene rings is 2. The van der Waals surface area contributed by atoms with Crippen molar-refractivity contribution in [1.29, 1.82) is 0 Å². The molecule has 0 bridgehead atoms. The van der Waals surface area contributed by atoms with Gasteiger partial charge >= 0.3 is 6.03 Å². The van der Waals surface area contributed by atoms with Crippen molar-refractivity contribution < 1.29 is 19.1 Å². The van der Waals surface area contributed by atoms with Crippen LogP contribution in [0.25, 0.3) is 0 Å². The molecule has 0 saturated carbocycles. The van der Waals surface area contributed by atoms with E-state index < -0.39 is 11.6 Å². The van der Waals surface area contributed by atoms with Gasteiger partial charge in [0.05, 0.1) is 20.8 Å². The van der Waals surface area contributed by atoms with E-state index in [9.17, 15) is 9.59 Å². The average molecular weight is 354 g/mol. The van der Waals surface area contributed by atoms with Crippen LogP contribution in [-0.4, -0.2) is 31.1 Å². The molecule has 1 fully saturated rings. The lowest BCUT2D eigenvalue weighted by molar-refractivity contribution is -0.131. The third kappa shape index (κ3) is 2.98. The molecule has 0 aliphatic carbocycles. The largest absolute Gasteiger partial charge is 0.493 e. The summed E-state index contributed by atoms with van der Waals surface area (Å²) in [5, 5.41) is 2.81. The summed E-state index contributed by atoms with van der Waals surface area (Å²) in [5.74, 6) is 0.773. The molecule has 1 aliphatic rings. The van der Waals surface area contributed by atoms with E-state index in [0.717, 1.165) is 11.1 Å². The lowest BCUT2D eigenvalue weighted by atomic mass is 9.91. The van der Waals surface area contributed by atoms with Crippen LogP contribution in [0.2, 0.25) is 0 Å². The Morgan fingerprint density at radius 1 is 1.04 bits per heavy atom. The molecular weight excluding hydrogens is 332 g/mol. The molecule has 1 N–H and O–H groups in total. The molecule has 6 heteroatoms. The van der Waals surface area contributed by atoms with Gasteiger partial charge in [-0.3, -0.25) is 9.69 Å². The number of nitrogens with one attached hydrogen (secondary N) is 1. The summed E-state index contributed by atoms with van der Waals surface area (Å²) in [6, 6.07) is 12.5. The predicted molar refractivity (Wildman–Crippen MR) is 97.2 cm³/mol. The van der Waals surface area contributed by atoms with Gasteiger partial charge in [0.2, 0.25) is 0 Å². The monoisotopic (exact) mass is 354 g/mol. The molecule has 0 aromatic heterocycles. The van der Waals surface area contributed by atoms with E-state index in [0.29, 0.717) is 17.1 Å². The summed E-state index contributed by atoms with van der Waals surface area (Å²) in [6.07, 6.45) is 0. The Labute approximate surface area is 152 Å². The van der Waals surface area contributed by atoms with Crippen molar-refractivity contribution in [3.05, 3.63) is 59.2 Å². The number of hydrogen-bond acceptors (Lipinski definition) is 4. The summed E-state index contributed by atoms with van der Waals surface area (Å²) in [4.78, 5) is 26.8. The lowest BCUT2D eigenvalue weighted by Gasteiger charge is -2.23. The Morgan fingerprint density at radius 2 is 1.77 bits per heavy atom. The van der Waals surface area contributed by atoms with Crippen LogP contribution in [0, 0.1) is 6.92 Å². The van der Waals surface area contributed by atoms with Gasteiger partial charge < -0.3 is 14.8 Å². The number of nitrogens with zero attached hydrogens (tertiary/aromatic N) is 1. The van der Waals surface area contributed by atoms with Crippen molar-refractivity contribution in [3.63, 3.8) is 0 Å². The maximum absolute atomic E-state index is 13.1. The number of carbonyl (C=O) groups excluding carboxylic acids is 2. The summed E-state index contributed by atoms with van der Waals surface area (Å²) in [5.41, 5.74) is 1.48. The Hall–Kier alpha value is -3.02. The van der Waals surface area contributed by atoms with E-state index >= 15 is 0 Å². The first-order valence-electron chi connectivity index (χ1n) is 8.31. The highest BCUT2D eigenvalue weighted by molar-refractivity contribution is 6.07. The fourth-order valence-electron chi connectivity index (χ4n) is 3.18. The normalized spacial score (nSPS) is 19.5. The Bertz CT molecular complexity index is 865. The van der Waals surface area contributed by atoms with Crippen molar-refractivity contribution in [2.24, 2.45) is 0 Å². The molecule has 1 heterocycles. The van der Waals surface area contributed by atoms with E-state index in [1.807, 2.05) is 31.2 Å². The molecule has 3 rings (SSSR count). The number of carbonyl (C=O) groups is 2. The van der Waals surface area contributed by atoms with Crippen LogP contribution in [0.5, 0.6) is 11.5 Å². The smallest absolute Gasteiger partial charge is 0.325 e. The summed E-state index contributed by atoms with van der Waals surface area (Å²) >= 11 is 0. The molecule has 26 heavy (non-hydrogen) atoms. The minimum absolute atomic E-state index is 0.231. The second-order valence-electron chi connectivity index (χ2n) is 6.51. The van der Waals surface area contributed by atoms with E-state index in [1.165, 1.54) is 12.0 Å². The van der Waals surface area contributed by atoms with Gasteiger partial charge in [0, 0.05) is 0 Å². The number of aryl methyl sites for hydroxylation is 1. The maximum atomic E-state index is 13.1. The Morgan fingerprint density at radius 3 is 2.42 bits per heavy atom. The highest BCUT2D eigenvalue weighted by Crippen LogP contribution is 2.35. The second-order valence-corrected chi connectivity index (χ2v) is 6.51. The van der Waals surface area contributed by atoms with Gasteiger partial charge in [0.25, 0.3) is 5.91 Å². The van der Waals surface area contributed by atoms with E-state index in [1.54, 1.807) is 32.2 Å². The average Bonchev–Trinajstić information content (AvgIpc) is 2.85. The number of rotatable bonds is 5. The van der Waals surface area contributed by atoms with Gasteiger partial charge in [-0.15, -0.1) is 0 Å². The van der Waals surface area contributed by atoms with Gasteiger partial charge in [-0.05, 0) is 37.1 Å². The van der Waals surface area contributed by atoms with Crippen LogP contribution in [0.4, 0.5) is 4.79 Å². The Kier molecular flexibility index (Phi) is 4.59. The number of ether oxygens (including phenoxy) is 2. The number of hydrogen-bond donors (Lipinski definition) is 1. The predicted octanol–water partition coefficient (Wildman–Crippen LogP) is 2.98. The quantitative estimate of drug-likeness (QED) is 0.838. The fraction of sp³-hybridized carbons (Fsp3) is 0.300. The minimum atomic E-state index is -1.15. The fourth-order valence-corrected chi connectivity index (χ4v) is 3.18. The topological polar surface area (TPSA) is 67.9 Å². The van der Waals surface area contributed by atoms with Crippen molar-refractivity contribution in [2.75, 3.05) is 14.2 Å². The molecule has 136 valence electrons. The van der Waals surface area contributed by atoms with E-state index in [4.69, 9.17) is 9.47 Å². The molecule has 1 aliphatic heterocycles. The lowest BCUT2D eigenvalue weighted by Crippen LogP contribution is -2.40. The number of imide groups is 1.